The van der Waals surface area contributed by atoms with Crippen molar-refractivity contribution >= 4 is 11.8 Å². The van der Waals surface area contributed by atoms with Crippen LogP contribution in [0.1, 0.15) is 25.7 Å². The summed E-state index contributed by atoms with van der Waals surface area (Å²) in [6, 6.07) is 0. The zero-order valence-electron chi connectivity index (χ0n) is 7.72. The van der Waals surface area contributed by atoms with E-state index in [1.54, 1.807) is 0 Å². The molecule has 1 aliphatic heterocycles. The molecule has 1 N–H and O–H groups in total. The molecule has 0 amide bonds. The maximum Gasteiger partial charge on any atom is 0.0172 e. The van der Waals surface area contributed by atoms with Crippen LogP contribution in [0.2, 0.25) is 0 Å². The van der Waals surface area contributed by atoms with Gasteiger partial charge in [-0.3, -0.25) is 0 Å². The summed E-state index contributed by atoms with van der Waals surface area (Å²) in [5.41, 5.74) is 0. The summed E-state index contributed by atoms with van der Waals surface area (Å²) < 4.78 is 0. The molecule has 1 aliphatic rings. The molecule has 0 saturated carbocycles. The number of hydrogen-bond donors (Lipinski definition) is 1. The first-order valence-electron chi connectivity index (χ1n) is 4.86. The highest BCUT2D eigenvalue weighted by atomic mass is 32.2. The molecule has 0 aromatic rings. The second-order valence-corrected chi connectivity index (χ2v) is 4.68. The lowest BCUT2D eigenvalue weighted by molar-refractivity contribution is 0.601. The lowest BCUT2D eigenvalue weighted by Crippen LogP contribution is -2.27. The Hall–Kier alpha value is 0.0500. The van der Waals surface area contributed by atoms with Crippen molar-refractivity contribution in [3.8, 4) is 0 Å². The molecule has 1 saturated heterocycles. The zero-order chi connectivity index (χ0) is 8.65. The van der Waals surface area contributed by atoms with E-state index in [1.807, 2.05) is 6.08 Å². The third-order valence-electron chi connectivity index (χ3n) is 2.17. The number of thioether (sulfide) groups is 1. The summed E-state index contributed by atoms with van der Waals surface area (Å²) >= 11 is 2.13. The van der Waals surface area contributed by atoms with Crippen LogP contribution in [0.5, 0.6) is 0 Å². The SMILES string of the molecule is C=CCCNCC1CCCCS1. The molecule has 1 heterocycles. The number of nitrogens with one attached hydrogen (secondary N) is 1. The summed E-state index contributed by atoms with van der Waals surface area (Å²) in [6.07, 6.45) is 7.33. The highest BCUT2D eigenvalue weighted by molar-refractivity contribution is 7.99. The first-order valence-corrected chi connectivity index (χ1v) is 5.91. The molecule has 0 aromatic heterocycles. The van der Waals surface area contributed by atoms with Crippen LogP contribution in [-0.2, 0) is 0 Å². The van der Waals surface area contributed by atoms with Gasteiger partial charge < -0.3 is 5.32 Å². The van der Waals surface area contributed by atoms with Gasteiger partial charge in [-0.25, -0.2) is 0 Å². The molecular formula is C10H19NS. The van der Waals surface area contributed by atoms with Crippen molar-refractivity contribution in [2.75, 3.05) is 18.8 Å². The van der Waals surface area contributed by atoms with Crippen molar-refractivity contribution in [1.29, 1.82) is 0 Å². The van der Waals surface area contributed by atoms with Gasteiger partial charge in [-0.2, -0.15) is 11.8 Å². The van der Waals surface area contributed by atoms with Crippen LogP contribution in [0.25, 0.3) is 0 Å². The summed E-state index contributed by atoms with van der Waals surface area (Å²) in [5.74, 6) is 1.37. The van der Waals surface area contributed by atoms with E-state index in [-0.39, 0.29) is 0 Å². The van der Waals surface area contributed by atoms with Crippen molar-refractivity contribution in [2.24, 2.45) is 0 Å². The highest BCUT2D eigenvalue weighted by Crippen LogP contribution is 2.24. The van der Waals surface area contributed by atoms with Crippen molar-refractivity contribution < 1.29 is 0 Å². The van der Waals surface area contributed by atoms with Gasteiger partial charge in [-0.1, -0.05) is 12.5 Å². The minimum Gasteiger partial charge on any atom is -0.315 e. The molecule has 0 radical (unpaired) electrons. The first kappa shape index (κ1) is 10.1. The van der Waals surface area contributed by atoms with Gasteiger partial charge in [0.15, 0.2) is 0 Å². The van der Waals surface area contributed by atoms with E-state index in [0.717, 1.165) is 18.2 Å². The molecule has 0 bridgehead atoms. The van der Waals surface area contributed by atoms with Crippen LogP contribution >= 0.6 is 11.8 Å². The van der Waals surface area contributed by atoms with Crippen LogP contribution in [-0.4, -0.2) is 24.1 Å². The lowest BCUT2D eigenvalue weighted by atomic mass is 10.2. The summed E-state index contributed by atoms with van der Waals surface area (Å²) in [5, 5.41) is 4.34. The molecule has 1 atom stereocenters. The van der Waals surface area contributed by atoms with E-state index in [1.165, 1.54) is 31.6 Å². The minimum atomic E-state index is 0.878. The Kier molecular flexibility index (Phi) is 5.53. The Morgan fingerprint density at radius 2 is 2.42 bits per heavy atom. The average Bonchev–Trinajstić information content (AvgIpc) is 2.14. The van der Waals surface area contributed by atoms with Crippen molar-refractivity contribution in [3.05, 3.63) is 12.7 Å². The first-order chi connectivity index (χ1) is 5.93. The van der Waals surface area contributed by atoms with Crippen LogP contribution in [0.15, 0.2) is 12.7 Å². The molecule has 1 rings (SSSR count). The topological polar surface area (TPSA) is 12.0 Å². The molecule has 1 unspecified atom stereocenters. The molecule has 2 heteroatoms. The molecule has 0 aromatic carbocycles. The van der Waals surface area contributed by atoms with E-state index < -0.39 is 0 Å². The standard InChI is InChI=1S/C10H19NS/c1-2-3-7-11-9-10-6-4-5-8-12-10/h2,10-11H,1,3-9H2. The lowest BCUT2D eigenvalue weighted by Gasteiger charge is -2.21. The van der Waals surface area contributed by atoms with E-state index in [4.69, 9.17) is 0 Å². The number of hydrogen-bond acceptors (Lipinski definition) is 2. The van der Waals surface area contributed by atoms with E-state index in [2.05, 4.69) is 23.7 Å². The minimum absolute atomic E-state index is 0.878. The second-order valence-electron chi connectivity index (χ2n) is 3.27. The normalized spacial score (nSPS) is 23.8. The van der Waals surface area contributed by atoms with Crippen LogP contribution in [0, 0.1) is 0 Å². The molecule has 70 valence electrons. The predicted octanol–water partition coefficient (Wildman–Crippen LogP) is 2.44. The number of rotatable bonds is 5. The fraction of sp³-hybridized carbons (Fsp3) is 0.800. The second kappa shape index (κ2) is 6.55. The van der Waals surface area contributed by atoms with Gasteiger partial charge in [-0.15, -0.1) is 6.58 Å². The van der Waals surface area contributed by atoms with E-state index in [0.29, 0.717) is 0 Å². The Bertz CT molecular complexity index is 119. The van der Waals surface area contributed by atoms with Crippen molar-refractivity contribution in [2.45, 2.75) is 30.9 Å². The monoisotopic (exact) mass is 185 g/mol. The van der Waals surface area contributed by atoms with Crippen LogP contribution in [0.3, 0.4) is 0 Å². The molecule has 1 nitrogen and oxygen atoms in total. The van der Waals surface area contributed by atoms with Gasteiger partial charge >= 0.3 is 0 Å². The molecule has 0 aliphatic carbocycles. The largest absolute Gasteiger partial charge is 0.315 e. The molecule has 1 fully saturated rings. The van der Waals surface area contributed by atoms with Crippen LogP contribution in [0.4, 0.5) is 0 Å². The highest BCUT2D eigenvalue weighted by Gasteiger charge is 2.12. The third-order valence-corrected chi connectivity index (χ3v) is 3.57. The smallest absolute Gasteiger partial charge is 0.0172 e. The fourth-order valence-corrected chi connectivity index (χ4v) is 2.71. The maximum absolute atomic E-state index is 3.70. The summed E-state index contributed by atoms with van der Waals surface area (Å²) in [6.45, 7) is 5.99. The Morgan fingerprint density at radius 3 is 3.08 bits per heavy atom. The predicted molar refractivity (Wildman–Crippen MR) is 57.8 cm³/mol. The van der Waals surface area contributed by atoms with Gasteiger partial charge in [0.1, 0.15) is 0 Å². The molecular weight excluding hydrogens is 166 g/mol. The van der Waals surface area contributed by atoms with E-state index in [9.17, 15) is 0 Å². The van der Waals surface area contributed by atoms with Gasteiger partial charge in [0.2, 0.25) is 0 Å². The zero-order valence-corrected chi connectivity index (χ0v) is 8.54. The summed E-state index contributed by atoms with van der Waals surface area (Å²) in [4.78, 5) is 0. The van der Waals surface area contributed by atoms with Gasteiger partial charge in [0.25, 0.3) is 0 Å². The van der Waals surface area contributed by atoms with Gasteiger partial charge in [-0.05, 0) is 31.6 Å². The van der Waals surface area contributed by atoms with Gasteiger partial charge in [0, 0.05) is 11.8 Å². The molecule has 12 heavy (non-hydrogen) atoms. The molecule has 0 spiro atoms. The maximum atomic E-state index is 3.70. The van der Waals surface area contributed by atoms with Crippen molar-refractivity contribution in [1.82, 2.24) is 5.32 Å². The third kappa shape index (κ3) is 4.17. The average molecular weight is 185 g/mol. The fourth-order valence-electron chi connectivity index (χ4n) is 1.44. The quantitative estimate of drug-likeness (QED) is 0.521. The Labute approximate surface area is 80.0 Å². The Balaban J connectivity index is 1.94. The van der Waals surface area contributed by atoms with Crippen molar-refractivity contribution in [3.63, 3.8) is 0 Å². The van der Waals surface area contributed by atoms with Gasteiger partial charge in [0.05, 0.1) is 0 Å². The van der Waals surface area contributed by atoms with Crippen LogP contribution < -0.4 is 5.32 Å². The summed E-state index contributed by atoms with van der Waals surface area (Å²) in [7, 11) is 0. The van der Waals surface area contributed by atoms with E-state index >= 15 is 0 Å². The Morgan fingerprint density at radius 1 is 1.50 bits per heavy atom.